The van der Waals surface area contributed by atoms with E-state index in [1.807, 2.05) is 37.3 Å². The number of β-amino-alcohol motifs (C(OH)–C–C–N with tert-alkyl or cyclic N) is 1. The molecule has 0 aliphatic carbocycles. The second-order valence-corrected chi connectivity index (χ2v) is 5.74. The molecule has 6 nitrogen and oxygen atoms in total. The highest BCUT2D eigenvalue weighted by Crippen LogP contribution is 2.15. The third kappa shape index (κ3) is 3.91. The molecule has 22 heavy (non-hydrogen) atoms. The van der Waals surface area contributed by atoms with Crippen LogP contribution in [-0.2, 0) is 6.54 Å². The molecule has 1 saturated heterocycles. The van der Waals surface area contributed by atoms with E-state index in [1.54, 1.807) is 0 Å². The van der Waals surface area contributed by atoms with E-state index in [4.69, 9.17) is 4.52 Å². The van der Waals surface area contributed by atoms with Crippen molar-refractivity contribution in [2.75, 3.05) is 32.7 Å². The van der Waals surface area contributed by atoms with E-state index in [0.717, 1.165) is 31.7 Å². The number of benzene rings is 1. The van der Waals surface area contributed by atoms with Gasteiger partial charge in [-0.25, -0.2) is 0 Å². The number of aliphatic hydroxyl groups excluding tert-OH is 1. The van der Waals surface area contributed by atoms with Crippen molar-refractivity contribution in [2.24, 2.45) is 0 Å². The molecule has 1 atom stereocenters. The molecule has 1 aliphatic heterocycles. The number of hydrogen-bond donors (Lipinski definition) is 1. The van der Waals surface area contributed by atoms with Gasteiger partial charge in [-0.05, 0) is 12.5 Å². The Hall–Kier alpha value is -1.76. The Bertz CT molecular complexity index is 579. The SMILES string of the molecule is Cc1noc(CN2CCN(C[C@H](O)c3ccccc3)CC2)n1. The molecule has 0 saturated carbocycles. The summed E-state index contributed by atoms with van der Waals surface area (Å²) in [6.07, 6.45) is -0.425. The van der Waals surface area contributed by atoms with Crippen molar-refractivity contribution in [1.29, 1.82) is 0 Å². The normalized spacial score (nSPS) is 18.5. The summed E-state index contributed by atoms with van der Waals surface area (Å²) < 4.78 is 5.16. The largest absolute Gasteiger partial charge is 0.387 e. The first-order valence-electron chi connectivity index (χ1n) is 7.67. The summed E-state index contributed by atoms with van der Waals surface area (Å²) in [6, 6.07) is 9.83. The van der Waals surface area contributed by atoms with Crippen LogP contribution < -0.4 is 0 Å². The lowest BCUT2D eigenvalue weighted by Crippen LogP contribution is -2.47. The van der Waals surface area contributed by atoms with Crippen molar-refractivity contribution in [3.8, 4) is 0 Å². The Morgan fingerprint density at radius 1 is 1.14 bits per heavy atom. The van der Waals surface area contributed by atoms with Gasteiger partial charge in [-0.1, -0.05) is 35.5 Å². The van der Waals surface area contributed by atoms with Gasteiger partial charge < -0.3 is 9.63 Å². The van der Waals surface area contributed by atoms with Gasteiger partial charge in [0.1, 0.15) is 0 Å². The van der Waals surface area contributed by atoms with Crippen LogP contribution in [0, 0.1) is 6.92 Å². The van der Waals surface area contributed by atoms with Crippen LogP contribution in [0.5, 0.6) is 0 Å². The van der Waals surface area contributed by atoms with Crippen molar-refractivity contribution in [1.82, 2.24) is 19.9 Å². The van der Waals surface area contributed by atoms with E-state index in [-0.39, 0.29) is 0 Å². The number of aliphatic hydroxyl groups is 1. The monoisotopic (exact) mass is 302 g/mol. The van der Waals surface area contributed by atoms with Crippen LogP contribution in [-0.4, -0.2) is 57.8 Å². The Morgan fingerprint density at radius 3 is 2.45 bits per heavy atom. The Kier molecular flexibility index (Phi) is 4.82. The zero-order chi connectivity index (χ0) is 15.4. The number of hydrogen-bond acceptors (Lipinski definition) is 6. The summed E-state index contributed by atoms with van der Waals surface area (Å²) in [5.41, 5.74) is 0.978. The molecule has 6 heteroatoms. The zero-order valence-corrected chi connectivity index (χ0v) is 12.9. The lowest BCUT2D eigenvalue weighted by molar-refractivity contribution is 0.0663. The molecule has 0 radical (unpaired) electrons. The fraction of sp³-hybridized carbons (Fsp3) is 0.500. The molecule has 1 aromatic carbocycles. The Balaban J connectivity index is 1.45. The average Bonchev–Trinajstić information content (AvgIpc) is 2.95. The first-order valence-corrected chi connectivity index (χ1v) is 7.67. The lowest BCUT2D eigenvalue weighted by Gasteiger charge is -2.34. The predicted octanol–water partition coefficient (Wildman–Crippen LogP) is 1.23. The summed E-state index contributed by atoms with van der Waals surface area (Å²) in [5, 5.41) is 14.1. The van der Waals surface area contributed by atoms with E-state index in [1.165, 1.54) is 0 Å². The number of rotatable bonds is 5. The molecule has 2 aromatic rings. The molecule has 0 unspecified atom stereocenters. The minimum absolute atomic E-state index is 0.425. The van der Waals surface area contributed by atoms with Gasteiger partial charge >= 0.3 is 0 Å². The predicted molar refractivity (Wildman–Crippen MR) is 82.2 cm³/mol. The molecule has 0 bridgehead atoms. The molecule has 2 heterocycles. The highest BCUT2D eigenvalue weighted by atomic mass is 16.5. The fourth-order valence-corrected chi connectivity index (χ4v) is 2.75. The second-order valence-electron chi connectivity index (χ2n) is 5.74. The van der Waals surface area contributed by atoms with Gasteiger partial charge in [0.15, 0.2) is 5.82 Å². The van der Waals surface area contributed by atoms with Crippen molar-refractivity contribution < 1.29 is 9.63 Å². The first-order chi connectivity index (χ1) is 10.7. The molecule has 1 aliphatic rings. The molecule has 1 N–H and O–H groups in total. The van der Waals surface area contributed by atoms with Crippen LogP contribution in [0.2, 0.25) is 0 Å². The van der Waals surface area contributed by atoms with Gasteiger partial charge in [0.2, 0.25) is 5.89 Å². The molecule has 1 aromatic heterocycles. The van der Waals surface area contributed by atoms with Crippen LogP contribution >= 0.6 is 0 Å². The summed E-state index contributed by atoms with van der Waals surface area (Å²) >= 11 is 0. The Labute approximate surface area is 130 Å². The summed E-state index contributed by atoms with van der Waals surface area (Å²) in [6.45, 7) is 6.99. The van der Waals surface area contributed by atoms with Gasteiger partial charge in [0.05, 0.1) is 12.6 Å². The molecule has 0 amide bonds. The second kappa shape index (κ2) is 7.00. The molecular formula is C16H22N4O2. The van der Waals surface area contributed by atoms with Crippen molar-refractivity contribution in [2.45, 2.75) is 19.6 Å². The van der Waals surface area contributed by atoms with Crippen LogP contribution in [0.4, 0.5) is 0 Å². The number of piperazine rings is 1. The van der Waals surface area contributed by atoms with E-state index < -0.39 is 6.10 Å². The molecule has 0 spiro atoms. The smallest absolute Gasteiger partial charge is 0.240 e. The molecule has 1 fully saturated rings. The van der Waals surface area contributed by atoms with Crippen molar-refractivity contribution in [3.05, 3.63) is 47.6 Å². The third-order valence-corrected chi connectivity index (χ3v) is 4.01. The maximum Gasteiger partial charge on any atom is 0.240 e. The lowest BCUT2D eigenvalue weighted by atomic mass is 10.1. The number of nitrogens with zero attached hydrogens (tertiary/aromatic N) is 4. The average molecular weight is 302 g/mol. The van der Waals surface area contributed by atoms with Gasteiger partial charge in [0.25, 0.3) is 0 Å². The summed E-state index contributed by atoms with van der Waals surface area (Å²) in [7, 11) is 0. The summed E-state index contributed by atoms with van der Waals surface area (Å²) in [4.78, 5) is 8.84. The van der Waals surface area contributed by atoms with Crippen LogP contribution in [0.1, 0.15) is 23.4 Å². The first kappa shape index (κ1) is 15.1. The van der Waals surface area contributed by atoms with Crippen LogP contribution in [0.3, 0.4) is 0 Å². The quantitative estimate of drug-likeness (QED) is 0.896. The van der Waals surface area contributed by atoms with Crippen molar-refractivity contribution >= 4 is 0 Å². The van der Waals surface area contributed by atoms with Crippen molar-refractivity contribution in [3.63, 3.8) is 0 Å². The third-order valence-electron chi connectivity index (χ3n) is 4.01. The number of aromatic nitrogens is 2. The Morgan fingerprint density at radius 2 is 1.82 bits per heavy atom. The van der Waals surface area contributed by atoms with E-state index in [0.29, 0.717) is 24.8 Å². The standard InChI is InChI=1S/C16H22N4O2/c1-13-17-16(22-18-13)12-20-9-7-19(8-10-20)11-15(21)14-5-3-2-4-6-14/h2-6,15,21H,7-12H2,1H3/t15-/m0/s1. The minimum Gasteiger partial charge on any atom is -0.387 e. The van der Waals surface area contributed by atoms with Crippen LogP contribution in [0.25, 0.3) is 0 Å². The highest BCUT2D eigenvalue weighted by Gasteiger charge is 2.21. The summed E-state index contributed by atoms with van der Waals surface area (Å²) in [5.74, 6) is 1.36. The fourth-order valence-electron chi connectivity index (χ4n) is 2.75. The van der Waals surface area contributed by atoms with Gasteiger partial charge in [0, 0.05) is 32.7 Å². The zero-order valence-electron chi connectivity index (χ0n) is 12.9. The topological polar surface area (TPSA) is 65.6 Å². The van der Waals surface area contributed by atoms with E-state index in [9.17, 15) is 5.11 Å². The highest BCUT2D eigenvalue weighted by molar-refractivity contribution is 5.17. The van der Waals surface area contributed by atoms with E-state index >= 15 is 0 Å². The maximum absolute atomic E-state index is 10.3. The minimum atomic E-state index is -0.425. The van der Waals surface area contributed by atoms with Gasteiger partial charge in [-0.2, -0.15) is 4.98 Å². The van der Waals surface area contributed by atoms with E-state index in [2.05, 4.69) is 19.9 Å². The van der Waals surface area contributed by atoms with Gasteiger partial charge in [-0.15, -0.1) is 0 Å². The molecule has 118 valence electrons. The molecule has 3 rings (SSSR count). The number of aryl methyl sites for hydroxylation is 1. The van der Waals surface area contributed by atoms with Crippen LogP contribution in [0.15, 0.2) is 34.9 Å². The molecular weight excluding hydrogens is 280 g/mol. The maximum atomic E-state index is 10.3. The van der Waals surface area contributed by atoms with Gasteiger partial charge in [-0.3, -0.25) is 9.80 Å².